The highest BCUT2D eigenvalue weighted by Crippen LogP contribution is 2.30. The lowest BCUT2D eigenvalue weighted by Gasteiger charge is -2.13. The minimum Gasteiger partial charge on any atom is -0.358 e. The SMILES string of the molecule is CCCCc1ccc(NC(=S)NCc2ccc(C(F)(F)F)cc2F)cc1. The van der Waals surface area contributed by atoms with E-state index in [0.717, 1.165) is 37.1 Å². The topological polar surface area (TPSA) is 24.1 Å². The lowest BCUT2D eigenvalue weighted by Crippen LogP contribution is -2.28. The molecule has 0 aliphatic carbocycles. The molecule has 0 spiro atoms. The predicted octanol–water partition coefficient (Wildman–Crippen LogP) is 5.67. The third-order valence-corrected chi connectivity index (χ3v) is 4.10. The number of halogens is 4. The van der Waals surface area contributed by atoms with Gasteiger partial charge in [-0.15, -0.1) is 0 Å². The van der Waals surface area contributed by atoms with Crippen LogP contribution in [0.25, 0.3) is 0 Å². The molecule has 0 saturated heterocycles. The zero-order valence-corrected chi connectivity index (χ0v) is 15.1. The van der Waals surface area contributed by atoms with Crippen molar-refractivity contribution in [3.63, 3.8) is 0 Å². The van der Waals surface area contributed by atoms with Gasteiger partial charge in [0.25, 0.3) is 0 Å². The highest BCUT2D eigenvalue weighted by atomic mass is 32.1. The quantitative estimate of drug-likeness (QED) is 0.495. The number of benzene rings is 2. The standard InChI is InChI=1S/C19H20F4N2S/c1-2-3-4-13-5-9-16(10-6-13)25-18(26)24-12-14-7-8-15(11-17(14)20)19(21,22)23/h5-11H,2-4,12H2,1H3,(H2,24,25,26). The number of hydrogen-bond donors (Lipinski definition) is 2. The molecule has 2 rings (SSSR count). The molecule has 0 aliphatic heterocycles. The summed E-state index contributed by atoms with van der Waals surface area (Å²) in [6, 6.07) is 10.3. The smallest absolute Gasteiger partial charge is 0.358 e. The molecule has 26 heavy (non-hydrogen) atoms. The molecule has 0 unspecified atom stereocenters. The minimum absolute atomic E-state index is 0.00954. The first-order valence-corrected chi connectivity index (χ1v) is 8.70. The van der Waals surface area contributed by atoms with Crippen LogP contribution in [-0.2, 0) is 19.1 Å². The van der Waals surface area contributed by atoms with E-state index in [1.165, 1.54) is 5.56 Å². The van der Waals surface area contributed by atoms with E-state index in [4.69, 9.17) is 12.2 Å². The zero-order chi connectivity index (χ0) is 19.2. The molecule has 2 aromatic carbocycles. The second-order valence-electron chi connectivity index (χ2n) is 5.91. The fourth-order valence-electron chi connectivity index (χ4n) is 2.35. The van der Waals surface area contributed by atoms with Gasteiger partial charge in [-0.2, -0.15) is 13.2 Å². The summed E-state index contributed by atoms with van der Waals surface area (Å²) in [4.78, 5) is 0. The summed E-state index contributed by atoms with van der Waals surface area (Å²) in [6.45, 7) is 2.13. The largest absolute Gasteiger partial charge is 0.416 e. The van der Waals surface area contributed by atoms with Crippen LogP contribution in [0, 0.1) is 5.82 Å². The van der Waals surface area contributed by atoms with E-state index in [1.807, 2.05) is 24.3 Å². The normalized spacial score (nSPS) is 11.3. The Kier molecular flexibility index (Phi) is 6.97. The average Bonchev–Trinajstić information content (AvgIpc) is 2.59. The van der Waals surface area contributed by atoms with Gasteiger partial charge >= 0.3 is 6.18 Å². The summed E-state index contributed by atoms with van der Waals surface area (Å²) in [5, 5.41) is 6.03. The van der Waals surface area contributed by atoms with Gasteiger partial charge in [-0.25, -0.2) is 4.39 Å². The van der Waals surface area contributed by atoms with Gasteiger partial charge in [0.05, 0.1) is 5.56 Å². The molecule has 2 aromatic rings. The van der Waals surface area contributed by atoms with Crippen LogP contribution < -0.4 is 10.6 Å². The van der Waals surface area contributed by atoms with Gasteiger partial charge in [-0.1, -0.05) is 31.5 Å². The van der Waals surface area contributed by atoms with Crippen molar-refractivity contribution in [2.24, 2.45) is 0 Å². The van der Waals surface area contributed by atoms with Crippen LogP contribution >= 0.6 is 12.2 Å². The highest BCUT2D eigenvalue weighted by molar-refractivity contribution is 7.80. The van der Waals surface area contributed by atoms with Crippen LogP contribution in [0.5, 0.6) is 0 Å². The highest BCUT2D eigenvalue weighted by Gasteiger charge is 2.31. The van der Waals surface area contributed by atoms with Gasteiger partial charge in [-0.3, -0.25) is 0 Å². The molecule has 0 amide bonds. The van der Waals surface area contributed by atoms with Gasteiger partial charge in [-0.05, 0) is 54.9 Å². The summed E-state index contributed by atoms with van der Waals surface area (Å²) in [5.74, 6) is -0.921. The number of alkyl halides is 3. The number of aryl methyl sites for hydroxylation is 1. The molecule has 0 aliphatic rings. The van der Waals surface area contributed by atoms with Crippen molar-refractivity contribution in [3.8, 4) is 0 Å². The van der Waals surface area contributed by atoms with Crippen molar-refractivity contribution in [2.45, 2.75) is 38.9 Å². The van der Waals surface area contributed by atoms with Gasteiger partial charge in [0.1, 0.15) is 5.82 Å². The Labute approximate surface area is 155 Å². The number of rotatable bonds is 6. The maximum atomic E-state index is 13.8. The van der Waals surface area contributed by atoms with Crippen LogP contribution in [0.2, 0.25) is 0 Å². The Morgan fingerprint density at radius 3 is 2.35 bits per heavy atom. The lowest BCUT2D eigenvalue weighted by molar-refractivity contribution is -0.137. The molecular formula is C19H20F4N2S. The van der Waals surface area contributed by atoms with Crippen molar-refractivity contribution in [2.75, 3.05) is 5.32 Å². The van der Waals surface area contributed by atoms with E-state index in [-0.39, 0.29) is 17.2 Å². The third-order valence-electron chi connectivity index (χ3n) is 3.85. The van der Waals surface area contributed by atoms with E-state index in [1.54, 1.807) is 0 Å². The fraction of sp³-hybridized carbons (Fsp3) is 0.316. The number of hydrogen-bond acceptors (Lipinski definition) is 1. The molecule has 0 bridgehead atoms. The van der Waals surface area contributed by atoms with E-state index in [2.05, 4.69) is 17.6 Å². The van der Waals surface area contributed by atoms with Crippen molar-refractivity contribution in [3.05, 3.63) is 65.0 Å². The molecule has 0 heterocycles. The third kappa shape index (κ3) is 5.98. The van der Waals surface area contributed by atoms with Crippen LogP contribution in [0.3, 0.4) is 0 Å². The summed E-state index contributed by atoms with van der Waals surface area (Å²) >= 11 is 5.14. The molecule has 7 heteroatoms. The maximum Gasteiger partial charge on any atom is 0.416 e. The van der Waals surface area contributed by atoms with Gasteiger partial charge in [0.15, 0.2) is 5.11 Å². The Morgan fingerprint density at radius 2 is 1.77 bits per heavy atom. The molecule has 140 valence electrons. The molecule has 2 N–H and O–H groups in total. The second-order valence-corrected chi connectivity index (χ2v) is 6.32. The maximum absolute atomic E-state index is 13.8. The average molecular weight is 384 g/mol. The van der Waals surface area contributed by atoms with Crippen molar-refractivity contribution < 1.29 is 17.6 Å². The molecule has 0 saturated carbocycles. The molecule has 0 aromatic heterocycles. The van der Waals surface area contributed by atoms with Crippen molar-refractivity contribution >= 4 is 23.0 Å². The number of anilines is 1. The molecular weight excluding hydrogens is 364 g/mol. The second kappa shape index (κ2) is 8.98. The van der Waals surface area contributed by atoms with Gasteiger partial charge in [0.2, 0.25) is 0 Å². The first-order chi connectivity index (χ1) is 12.3. The summed E-state index contributed by atoms with van der Waals surface area (Å²) in [6.07, 6.45) is -1.28. The Morgan fingerprint density at radius 1 is 1.08 bits per heavy atom. The molecule has 0 atom stereocenters. The monoisotopic (exact) mass is 384 g/mol. The first kappa shape index (κ1) is 20.2. The fourth-order valence-corrected chi connectivity index (χ4v) is 2.54. The molecule has 0 radical (unpaired) electrons. The van der Waals surface area contributed by atoms with Crippen LogP contribution in [-0.4, -0.2) is 5.11 Å². The van der Waals surface area contributed by atoms with E-state index in [0.29, 0.717) is 6.07 Å². The lowest BCUT2D eigenvalue weighted by atomic mass is 10.1. The molecule has 2 nitrogen and oxygen atoms in total. The number of unbranched alkanes of at least 4 members (excludes halogenated alkanes) is 1. The van der Waals surface area contributed by atoms with Crippen molar-refractivity contribution in [1.29, 1.82) is 0 Å². The van der Waals surface area contributed by atoms with E-state index in [9.17, 15) is 17.6 Å². The van der Waals surface area contributed by atoms with Gasteiger partial charge < -0.3 is 10.6 Å². The van der Waals surface area contributed by atoms with E-state index < -0.39 is 17.6 Å². The number of nitrogens with one attached hydrogen (secondary N) is 2. The first-order valence-electron chi connectivity index (χ1n) is 8.29. The summed E-state index contributed by atoms with van der Waals surface area (Å²) in [5.41, 5.74) is 1.12. The minimum atomic E-state index is -4.56. The van der Waals surface area contributed by atoms with Gasteiger partial charge in [0, 0.05) is 17.8 Å². The molecule has 0 fully saturated rings. The summed E-state index contributed by atoms with van der Waals surface area (Å²) in [7, 11) is 0. The number of thiocarbonyl (C=S) groups is 1. The Hall–Kier alpha value is -2.15. The van der Waals surface area contributed by atoms with E-state index >= 15 is 0 Å². The van der Waals surface area contributed by atoms with Crippen LogP contribution in [0.4, 0.5) is 23.2 Å². The van der Waals surface area contributed by atoms with Crippen LogP contribution in [0.15, 0.2) is 42.5 Å². The summed E-state index contributed by atoms with van der Waals surface area (Å²) < 4.78 is 51.4. The van der Waals surface area contributed by atoms with Crippen LogP contribution in [0.1, 0.15) is 36.5 Å². The zero-order valence-electron chi connectivity index (χ0n) is 14.3. The predicted molar refractivity (Wildman–Crippen MR) is 99.5 cm³/mol. The van der Waals surface area contributed by atoms with Crippen molar-refractivity contribution in [1.82, 2.24) is 5.32 Å². The Balaban J connectivity index is 1.88. The Bertz CT molecular complexity index is 742.